The molecule has 1 saturated carbocycles. The Morgan fingerprint density at radius 2 is 2.14 bits per heavy atom. The molecule has 78 valence electrons. The summed E-state index contributed by atoms with van der Waals surface area (Å²) in [4.78, 5) is 4.32. The zero-order chi connectivity index (χ0) is 9.97. The summed E-state index contributed by atoms with van der Waals surface area (Å²) in [7, 11) is 0. The molecule has 0 atom stereocenters. The fourth-order valence-corrected chi connectivity index (χ4v) is 3.53. The fourth-order valence-electron chi connectivity index (χ4n) is 2.14. The number of aryl methyl sites for hydroxylation is 1. The first-order valence-electron chi connectivity index (χ1n) is 5.16. The van der Waals surface area contributed by atoms with Crippen molar-refractivity contribution in [2.24, 2.45) is 5.92 Å². The molecular formula is C10H15BrN2S. The molecule has 14 heavy (non-hydrogen) atoms. The predicted octanol–water partition coefficient (Wildman–Crippen LogP) is 3.61. The molecule has 1 aliphatic carbocycles. The van der Waals surface area contributed by atoms with E-state index in [0.29, 0.717) is 5.13 Å². The number of halogens is 1. The van der Waals surface area contributed by atoms with Crippen LogP contribution in [0.3, 0.4) is 0 Å². The molecule has 1 aromatic rings. The number of aromatic nitrogens is 1. The van der Waals surface area contributed by atoms with Crippen LogP contribution in [-0.4, -0.2) is 4.98 Å². The van der Waals surface area contributed by atoms with Gasteiger partial charge in [-0.15, -0.1) is 0 Å². The first-order valence-corrected chi connectivity index (χ1v) is 6.77. The normalized spacial score (nSPS) is 17.8. The van der Waals surface area contributed by atoms with Crippen LogP contribution in [-0.2, 0) is 6.42 Å². The van der Waals surface area contributed by atoms with Crippen LogP contribution in [0.1, 0.15) is 37.8 Å². The molecular weight excluding hydrogens is 260 g/mol. The molecule has 1 aromatic heterocycles. The highest BCUT2D eigenvalue weighted by Gasteiger charge is 2.16. The second-order valence-corrected chi connectivity index (χ2v) is 6.31. The Hall–Kier alpha value is -0.0900. The lowest BCUT2D eigenvalue weighted by atomic mass is 10.0. The minimum Gasteiger partial charge on any atom is -0.375 e. The monoisotopic (exact) mass is 274 g/mol. The second-order valence-electron chi connectivity index (χ2n) is 3.96. The second kappa shape index (κ2) is 4.62. The number of nitrogens with two attached hydrogens (primary N) is 1. The summed E-state index contributed by atoms with van der Waals surface area (Å²) in [6, 6.07) is 0. The predicted molar refractivity (Wildman–Crippen MR) is 64.5 cm³/mol. The number of rotatable bonds is 3. The Kier molecular flexibility index (Phi) is 3.44. The molecule has 2 N–H and O–H groups in total. The summed E-state index contributed by atoms with van der Waals surface area (Å²) in [5.41, 5.74) is 6.79. The number of nitrogens with zero attached hydrogens (tertiary/aromatic N) is 1. The van der Waals surface area contributed by atoms with E-state index in [4.69, 9.17) is 5.73 Å². The van der Waals surface area contributed by atoms with E-state index in [2.05, 4.69) is 20.9 Å². The number of nitrogen functional groups attached to an aromatic ring is 1. The van der Waals surface area contributed by atoms with Gasteiger partial charge in [0.2, 0.25) is 0 Å². The van der Waals surface area contributed by atoms with Crippen LogP contribution in [0.15, 0.2) is 3.79 Å². The highest BCUT2D eigenvalue weighted by molar-refractivity contribution is 9.11. The maximum atomic E-state index is 5.64. The minimum atomic E-state index is 0.679. The van der Waals surface area contributed by atoms with E-state index in [-0.39, 0.29) is 0 Å². The third-order valence-corrected chi connectivity index (χ3v) is 4.59. The van der Waals surface area contributed by atoms with Gasteiger partial charge >= 0.3 is 0 Å². The highest BCUT2D eigenvalue weighted by atomic mass is 79.9. The van der Waals surface area contributed by atoms with Crippen molar-refractivity contribution in [3.05, 3.63) is 9.48 Å². The van der Waals surface area contributed by atoms with Crippen molar-refractivity contribution >= 4 is 32.4 Å². The molecule has 0 aliphatic heterocycles. The summed E-state index contributed by atoms with van der Waals surface area (Å²) in [5.74, 6) is 0.935. The maximum absolute atomic E-state index is 5.64. The van der Waals surface area contributed by atoms with E-state index >= 15 is 0 Å². The fraction of sp³-hybridized carbons (Fsp3) is 0.700. The molecule has 1 fully saturated rings. The summed E-state index contributed by atoms with van der Waals surface area (Å²) < 4.78 is 1.12. The first kappa shape index (κ1) is 10.4. The molecule has 0 unspecified atom stereocenters. The number of thiazole rings is 1. The third-order valence-electron chi connectivity index (χ3n) is 2.93. The van der Waals surface area contributed by atoms with Crippen LogP contribution in [0.5, 0.6) is 0 Å². The van der Waals surface area contributed by atoms with Gasteiger partial charge in [0.1, 0.15) is 0 Å². The first-order chi connectivity index (χ1) is 6.75. The van der Waals surface area contributed by atoms with Crippen molar-refractivity contribution in [3.8, 4) is 0 Å². The molecule has 1 aliphatic rings. The van der Waals surface area contributed by atoms with Crippen molar-refractivity contribution in [1.82, 2.24) is 4.98 Å². The molecule has 0 aromatic carbocycles. The van der Waals surface area contributed by atoms with E-state index < -0.39 is 0 Å². The van der Waals surface area contributed by atoms with E-state index in [0.717, 1.165) is 21.8 Å². The summed E-state index contributed by atoms with van der Waals surface area (Å²) >= 11 is 5.04. The average molecular weight is 275 g/mol. The molecule has 1 heterocycles. The number of anilines is 1. The molecule has 0 bridgehead atoms. The summed E-state index contributed by atoms with van der Waals surface area (Å²) in [6.45, 7) is 0. The molecule has 0 saturated heterocycles. The number of hydrogen-bond donors (Lipinski definition) is 1. The van der Waals surface area contributed by atoms with E-state index in [9.17, 15) is 0 Å². The van der Waals surface area contributed by atoms with Crippen LogP contribution in [0, 0.1) is 5.92 Å². The molecule has 0 spiro atoms. The van der Waals surface area contributed by atoms with Gasteiger partial charge in [-0.05, 0) is 34.7 Å². The van der Waals surface area contributed by atoms with Crippen LogP contribution in [0.4, 0.5) is 5.13 Å². The summed E-state index contributed by atoms with van der Waals surface area (Å²) in [6.07, 6.45) is 8.03. The Bertz CT molecular complexity index is 305. The van der Waals surface area contributed by atoms with Gasteiger partial charge in [0.05, 0.1) is 9.48 Å². The lowest BCUT2D eigenvalue weighted by Gasteiger charge is -2.06. The van der Waals surface area contributed by atoms with Crippen LogP contribution in [0.2, 0.25) is 0 Å². The van der Waals surface area contributed by atoms with Crippen molar-refractivity contribution in [2.45, 2.75) is 38.5 Å². The quantitative estimate of drug-likeness (QED) is 0.915. The standard InChI is InChI=1S/C10H15BrN2S/c11-9-8(13-10(12)14-9)6-5-7-3-1-2-4-7/h7H,1-6H2,(H2,12,13). The number of hydrogen-bond acceptors (Lipinski definition) is 3. The van der Waals surface area contributed by atoms with Gasteiger partial charge in [-0.1, -0.05) is 37.0 Å². The van der Waals surface area contributed by atoms with Crippen molar-refractivity contribution < 1.29 is 0 Å². The molecule has 0 radical (unpaired) electrons. The largest absolute Gasteiger partial charge is 0.375 e. The Morgan fingerprint density at radius 3 is 2.71 bits per heavy atom. The van der Waals surface area contributed by atoms with Gasteiger partial charge in [0, 0.05) is 0 Å². The Morgan fingerprint density at radius 1 is 1.43 bits per heavy atom. The van der Waals surface area contributed by atoms with Gasteiger partial charge in [-0.3, -0.25) is 0 Å². The van der Waals surface area contributed by atoms with Crippen molar-refractivity contribution in [2.75, 3.05) is 5.73 Å². The van der Waals surface area contributed by atoms with Gasteiger partial charge in [0.25, 0.3) is 0 Å². The molecule has 0 amide bonds. The van der Waals surface area contributed by atoms with Crippen molar-refractivity contribution in [3.63, 3.8) is 0 Å². The van der Waals surface area contributed by atoms with Crippen LogP contribution >= 0.6 is 27.3 Å². The van der Waals surface area contributed by atoms with E-state index in [1.54, 1.807) is 0 Å². The van der Waals surface area contributed by atoms with E-state index in [1.807, 2.05) is 0 Å². The lowest BCUT2D eigenvalue weighted by Crippen LogP contribution is -1.97. The van der Waals surface area contributed by atoms with Gasteiger partial charge in [-0.25, -0.2) is 4.98 Å². The smallest absolute Gasteiger partial charge is 0.181 e. The highest BCUT2D eigenvalue weighted by Crippen LogP contribution is 2.32. The van der Waals surface area contributed by atoms with Crippen molar-refractivity contribution in [1.29, 1.82) is 0 Å². The molecule has 4 heteroatoms. The molecule has 2 rings (SSSR count). The average Bonchev–Trinajstić information content (AvgIpc) is 2.72. The van der Waals surface area contributed by atoms with Crippen LogP contribution in [0.25, 0.3) is 0 Å². The Balaban J connectivity index is 1.87. The summed E-state index contributed by atoms with van der Waals surface area (Å²) in [5, 5.41) is 0.679. The lowest BCUT2D eigenvalue weighted by molar-refractivity contribution is 0.501. The topological polar surface area (TPSA) is 38.9 Å². The minimum absolute atomic E-state index is 0.679. The van der Waals surface area contributed by atoms with Gasteiger partial charge in [0.15, 0.2) is 5.13 Å². The third kappa shape index (κ3) is 2.48. The van der Waals surface area contributed by atoms with Gasteiger partial charge < -0.3 is 5.73 Å². The molecule has 2 nitrogen and oxygen atoms in total. The van der Waals surface area contributed by atoms with Gasteiger partial charge in [-0.2, -0.15) is 0 Å². The zero-order valence-corrected chi connectivity index (χ0v) is 10.5. The maximum Gasteiger partial charge on any atom is 0.181 e. The Labute approximate surface area is 97.0 Å². The van der Waals surface area contributed by atoms with E-state index in [1.165, 1.54) is 43.4 Å². The zero-order valence-electron chi connectivity index (χ0n) is 8.13. The SMILES string of the molecule is Nc1nc(CCC2CCCC2)c(Br)s1. The van der Waals surface area contributed by atoms with Crippen LogP contribution < -0.4 is 5.73 Å².